The molecule has 1 aliphatic heterocycles. The van der Waals surface area contributed by atoms with E-state index in [4.69, 9.17) is 26.8 Å². The van der Waals surface area contributed by atoms with E-state index >= 15 is 0 Å². The first-order chi connectivity index (χ1) is 16.9. The number of benzene rings is 3. The molecule has 1 unspecified atom stereocenters. The van der Waals surface area contributed by atoms with Crippen LogP contribution in [0.4, 0.5) is 0 Å². The van der Waals surface area contributed by atoms with E-state index in [1.165, 1.54) is 0 Å². The summed E-state index contributed by atoms with van der Waals surface area (Å²) in [6.07, 6.45) is -2.00. The number of aliphatic hydroxyl groups is 2. The van der Waals surface area contributed by atoms with E-state index in [9.17, 15) is 10.2 Å². The van der Waals surface area contributed by atoms with E-state index in [1.54, 1.807) is 14.2 Å². The van der Waals surface area contributed by atoms with E-state index in [-0.39, 0.29) is 6.61 Å². The van der Waals surface area contributed by atoms with Gasteiger partial charge in [-0.25, -0.2) is 0 Å². The molecule has 0 aromatic heterocycles. The van der Waals surface area contributed by atoms with Gasteiger partial charge in [-0.3, -0.25) is 0 Å². The van der Waals surface area contributed by atoms with Crippen molar-refractivity contribution in [3.63, 3.8) is 0 Å². The predicted molar refractivity (Wildman–Crippen MR) is 134 cm³/mol. The maximum atomic E-state index is 10.9. The van der Waals surface area contributed by atoms with Crippen LogP contribution in [-0.2, 0) is 15.1 Å². The van der Waals surface area contributed by atoms with Gasteiger partial charge in [-0.15, -0.1) is 0 Å². The molecule has 4 rings (SSSR count). The third kappa shape index (κ3) is 4.57. The maximum absolute atomic E-state index is 10.9. The lowest BCUT2D eigenvalue weighted by Gasteiger charge is -2.40. The van der Waals surface area contributed by atoms with Crippen molar-refractivity contribution in [1.82, 2.24) is 0 Å². The minimum Gasteiger partial charge on any atom is -0.497 e. The molecule has 0 amide bonds. The van der Waals surface area contributed by atoms with Crippen LogP contribution in [0.15, 0.2) is 78.9 Å². The molecule has 3 aromatic carbocycles. The molecule has 4 atom stereocenters. The minimum absolute atomic E-state index is 0.0115. The summed E-state index contributed by atoms with van der Waals surface area (Å²) < 4.78 is 23.5. The van der Waals surface area contributed by atoms with Crippen molar-refractivity contribution in [3.8, 4) is 11.5 Å². The summed E-state index contributed by atoms with van der Waals surface area (Å²) in [5.41, 5.74) is 0.371. The molecule has 0 saturated carbocycles. The Morgan fingerprint density at radius 3 is 1.71 bits per heavy atom. The highest BCUT2D eigenvalue weighted by Gasteiger charge is 2.53. The fourth-order valence-electron chi connectivity index (χ4n) is 4.72. The van der Waals surface area contributed by atoms with Crippen molar-refractivity contribution >= 4 is 7.85 Å². The molecule has 2 N–H and O–H groups in total. The van der Waals surface area contributed by atoms with Crippen LogP contribution < -0.4 is 9.47 Å². The second kappa shape index (κ2) is 10.4. The second-order valence-electron chi connectivity index (χ2n) is 8.73. The van der Waals surface area contributed by atoms with Crippen molar-refractivity contribution in [3.05, 3.63) is 95.6 Å². The van der Waals surface area contributed by atoms with Gasteiger partial charge in [0.15, 0.2) is 0 Å². The molecule has 1 saturated heterocycles. The molecule has 6 nitrogen and oxygen atoms in total. The van der Waals surface area contributed by atoms with Gasteiger partial charge in [-0.2, -0.15) is 0 Å². The van der Waals surface area contributed by atoms with Crippen molar-refractivity contribution in [2.45, 2.75) is 42.8 Å². The first-order valence-corrected chi connectivity index (χ1v) is 11.7. The van der Waals surface area contributed by atoms with E-state index in [1.807, 2.05) is 85.8 Å². The van der Waals surface area contributed by atoms with Crippen LogP contribution in [0, 0.1) is 0 Å². The fraction of sp³-hybridized carbons (Fsp3) is 0.357. The molecule has 1 fully saturated rings. The Hall–Kier alpha value is -2.84. The van der Waals surface area contributed by atoms with Gasteiger partial charge in [0, 0.05) is 6.00 Å². The van der Waals surface area contributed by atoms with E-state index in [0.717, 1.165) is 28.2 Å². The van der Waals surface area contributed by atoms with Crippen molar-refractivity contribution in [2.75, 3.05) is 20.8 Å². The van der Waals surface area contributed by atoms with Gasteiger partial charge in [0.25, 0.3) is 0 Å². The summed E-state index contributed by atoms with van der Waals surface area (Å²) in [7, 11) is 9.19. The quantitative estimate of drug-likeness (QED) is 0.366. The Morgan fingerprint density at radius 1 is 0.829 bits per heavy atom. The van der Waals surface area contributed by atoms with Gasteiger partial charge in [0.1, 0.15) is 42.8 Å². The molecule has 7 heteroatoms. The third-order valence-corrected chi connectivity index (χ3v) is 6.87. The highest BCUT2D eigenvalue weighted by atomic mass is 16.6. The van der Waals surface area contributed by atoms with Crippen LogP contribution in [-0.4, -0.2) is 62.7 Å². The van der Waals surface area contributed by atoms with Crippen LogP contribution in [0.3, 0.4) is 0 Å². The molecule has 0 spiro atoms. The van der Waals surface area contributed by atoms with Gasteiger partial charge >= 0.3 is 0 Å². The molecule has 0 aliphatic carbocycles. The van der Waals surface area contributed by atoms with Crippen LogP contribution >= 0.6 is 0 Å². The average molecular weight is 474 g/mol. The highest BCUT2D eigenvalue weighted by molar-refractivity contribution is 6.11. The van der Waals surface area contributed by atoms with Crippen LogP contribution in [0.2, 0.25) is 0 Å². The van der Waals surface area contributed by atoms with Gasteiger partial charge < -0.3 is 29.2 Å². The smallest absolute Gasteiger partial charge is 0.143 e. The van der Waals surface area contributed by atoms with Gasteiger partial charge in [0.05, 0.1) is 20.8 Å². The Labute approximate surface area is 207 Å². The largest absolute Gasteiger partial charge is 0.497 e. The standard InChI is InChI=1S/C28H31BO6/c1-4-27(25(31)24(30)26(29)35-27)18-34-28(19-8-6-5-7-9-19,20-10-14-22(32-2)15-11-20)21-12-16-23(33-3)17-13-21/h5-17,24-26,30-31H,4,18H2,1-3H3/t24-,25+,26?,27-/m1/s1. The fourth-order valence-corrected chi connectivity index (χ4v) is 4.72. The van der Waals surface area contributed by atoms with Crippen molar-refractivity contribution < 1.29 is 29.2 Å². The third-order valence-electron chi connectivity index (χ3n) is 6.87. The summed E-state index contributed by atoms with van der Waals surface area (Å²) in [5, 5.41) is 21.2. The number of hydrogen-bond donors (Lipinski definition) is 2. The first kappa shape index (κ1) is 25.3. The van der Waals surface area contributed by atoms with E-state index < -0.39 is 29.4 Å². The molecule has 1 heterocycles. The van der Waals surface area contributed by atoms with Crippen LogP contribution in [0.1, 0.15) is 30.0 Å². The number of aliphatic hydroxyl groups excluding tert-OH is 2. The Morgan fingerprint density at radius 2 is 1.31 bits per heavy atom. The average Bonchev–Trinajstić information content (AvgIpc) is 3.14. The Kier molecular flexibility index (Phi) is 7.52. The molecule has 3 aromatic rings. The summed E-state index contributed by atoms with van der Waals surface area (Å²) >= 11 is 0. The summed E-state index contributed by atoms with van der Waals surface area (Å²) in [6, 6.07) is 24.2. The lowest BCUT2D eigenvalue weighted by Crippen LogP contribution is -2.49. The summed E-state index contributed by atoms with van der Waals surface area (Å²) in [6.45, 7) is 1.87. The van der Waals surface area contributed by atoms with Crippen molar-refractivity contribution in [2.24, 2.45) is 0 Å². The molecule has 35 heavy (non-hydrogen) atoms. The molecule has 0 bridgehead atoms. The Bertz CT molecular complexity index is 1040. The molecule has 1 aliphatic rings. The number of methoxy groups -OCH3 is 2. The SMILES string of the molecule is [B]C1O[C@](CC)(COC(c2ccccc2)(c2ccc(OC)cc2)c2ccc(OC)cc2)[C@@H](O)[C@H]1O. The van der Waals surface area contributed by atoms with E-state index in [2.05, 4.69) is 0 Å². The lowest BCUT2D eigenvalue weighted by atomic mass is 9.79. The monoisotopic (exact) mass is 474 g/mol. The lowest BCUT2D eigenvalue weighted by molar-refractivity contribution is -0.143. The first-order valence-electron chi connectivity index (χ1n) is 11.7. The maximum Gasteiger partial charge on any atom is 0.143 e. The van der Waals surface area contributed by atoms with E-state index in [0.29, 0.717) is 6.42 Å². The molecular formula is C28H31BO6. The normalized spacial score (nSPS) is 24.3. The zero-order valence-electron chi connectivity index (χ0n) is 20.3. The van der Waals surface area contributed by atoms with Crippen LogP contribution in [0.5, 0.6) is 11.5 Å². The summed E-state index contributed by atoms with van der Waals surface area (Å²) in [5.74, 6) is 1.44. The zero-order valence-corrected chi connectivity index (χ0v) is 20.3. The van der Waals surface area contributed by atoms with Gasteiger partial charge in [-0.05, 0) is 47.4 Å². The molecule has 2 radical (unpaired) electrons. The highest BCUT2D eigenvalue weighted by Crippen LogP contribution is 2.44. The topological polar surface area (TPSA) is 77.4 Å². The minimum atomic E-state index is -1.20. The van der Waals surface area contributed by atoms with Gasteiger partial charge in [-0.1, -0.05) is 61.5 Å². The number of rotatable bonds is 9. The summed E-state index contributed by atoms with van der Waals surface area (Å²) in [4.78, 5) is 0. The molecule has 182 valence electrons. The van der Waals surface area contributed by atoms with Crippen LogP contribution in [0.25, 0.3) is 0 Å². The Balaban J connectivity index is 1.88. The second-order valence-corrected chi connectivity index (χ2v) is 8.73. The zero-order chi connectivity index (χ0) is 25.1. The predicted octanol–water partition coefficient (Wildman–Crippen LogP) is 3.41. The van der Waals surface area contributed by atoms with Gasteiger partial charge in [0.2, 0.25) is 0 Å². The number of hydrogen-bond acceptors (Lipinski definition) is 6. The molecular weight excluding hydrogens is 443 g/mol. The van der Waals surface area contributed by atoms with Crippen molar-refractivity contribution in [1.29, 1.82) is 0 Å². The number of ether oxygens (including phenoxy) is 4.